The highest BCUT2D eigenvalue weighted by molar-refractivity contribution is 6.01. The number of hydrogen-bond acceptors (Lipinski definition) is 4. The summed E-state index contributed by atoms with van der Waals surface area (Å²) >= 11 is 0. The Kier molecular flexibility index (Phi) is 8.61. The molecular formula is C23H28N6O2. The van der Waals surface area contributed by atoms with E-state index in [0.717, 1.165) is 11.1 Å². The lowest BCUT2D eigenvalue weighted by Gasteiger charge is -2.08. The van der Waals surface area contributed by atoms with Gasteiger partial charge in [0, 0.05) is 16.9 Å². The summed E-state index contributed by atoms with van der Waals surface area (Å²) in [5, 5.41) is 22.9. The molecule has 0 aliphatic carbocycles. The van der Waals surface area contributed by atoms with E-state index >= 15 is 0 Å². The van der Waals surface area contributed by atoms with E-state index in [4.69, 9.17) is 11.5 Å². The Balaban J connectivity index is 1.92. The van der Waals surface area contributed by atoms with Crippen LogP contribution in [0, 0.1) is 17.8 Å². The molecule has 1 atom stereocenters. The summed E-state index contributed by atoms with van der Waals surface area (Å²) in [7, 11) is 0. The molecule has 8 nitrogen and oxygen atoms in total. The lowest BCUT2D eigenvalue weighted by atomic mass is 10.1. The molecule has 0 saturated heterocycles. The number of amides is 2. The molecule has 0 heterocycles. The fourth-order valence-electron chi connectivity index (χ4n) is 2.59. The summed E-state index contributed by atoms with van der Waals surface area (Å²) in [6, 6.07) is 13.8. The van der Waals surface area contributed by atoms with Crippen molar-refractivity contribution in [3.8, 4) is 11.8 Å². The molecule has 0 fully saturated rings. The van der Waals surface area contributed by atoms with Crippen LogP contribution in [-0.2, 0) is 0 Å². The van der Waals surface area contributed by atoms with Crippen molar-refractivity contribution in [2.24, 2.45) is 27.6 Å². The fraction of sp³-hybridized carbons (Fsp3) is 0.261. The fourth-order valence-corrected chi connectivity index (χ4v) is 2.59. The van der Waals surface area contributed by atoms with Crippen molar-refractivity contribution in [2.45, 2.75) is 33.3 Å². The largest absolute Gasteiger partial charge is 0.380 e. The minimum Gasteiger partial charge on any atom is -0.380 e. The number of urea groups is 1. The van der Waals surface area contributed by atoms with Gasteiger partial charge in [-0.2, -0.15) is 5.10 Å². The monoisotopic (exact) mass is 420 g/mol. The molecule has 0 bridgehead atoms. The summed E-state index contributed by atoms with van der Waals surface area (Å²) in [6.45, 7) is 5.85. The Morgan fingerprint density at radius 1 is 1.00 bits per heavy atom. The van der Waals surface area contributed by atoms with Crippen molar-refractivity contribution in [1.82, 2.24) is 0 Å². The molecule has 162 valence electrons. The number of anilines is 2. The lowest BCUT2D eigenvalue weighted by Crippen LogP contribution is -2.22. The van der Waals surface area contributed by atoms with Gasteiger partial charge in [0.15, 0.2) is 0 Å². The van der Waals surface area contributed by atoms with Crippen molar-refractivity contribution in [3.05, 3.63) is 59.7 Å². The molecule has 0 aliphatic rings. The number of nitrogens with zero attached hydrogens (tertiary/aromatic N) is 2. The number of hydrogen-bond donors (Lipinski definition) is 5. The van der Waals surface area contributed by atoms with Crippen LogP contribution in [0.3, 0.4) is 0 Å². The van der Waals surface area contributed by atoms with Crippen LogP contribution in [0.4, 0.5) is 16.2 Å². The van der Waals surface area contributed by atoms with Crippen LogP contribution in [0.1, 0.15) is 38.3 Å². The predicted octanol–water partition coefficient (Wildman–Crippen LogP) is 3.09. The maximum atomic E-state index is 12.2. The minimum atomic E-state index is -0.642. The standard InChI is InChI=1S/C23H28N6O2/c1-15(2)14-21(30)13-6-17-4-9-19(10-5-17)26-23(31)27-20-11-7-18(8-12-20)16(3)28-29-22(24)25/h4-5,7-12,15,21,30H,14H2,1-3H3,(H4,24,25,29)(H2,26,27,31)/b28-16+. The van der Waals surface area contributed by atoms with Gasteiger partial charge in [0.25, 0.3) is 0 Å². The van der Waals surface area contributed by atoms with Crippen LogP contribution in [0.25, 0.3) is 0 Å². The molecule has 0 saturated carbocycles. The Morgan fingerprint density at radius 3 is 2.06 bits per heavy atom. The normalized spacial score (nSPS) is 11.8. The smallest absolute Gasteiger partial charge is 0.323 e. The number of nitrogens with two attached hydrogens (primary N) is 2. The van der Waals surface area contributed by atoms with Crippen molar-refractivity contribution in [2.75, 3.05) is 10.6 Å². The molecule has 2 rings (SSSR count). The average Bonchev–Trinajstić information content (AvgIpc) is 2.71. The first-order valence-corrected chi connectivity index (χ1v) is 9.84. The van der Waals surface area contributed by atoms with Crippen LogP contribution >= 0.6 is 0 Å². The molecule has 7 N–H and O–H groups in total. The molecule has 2 aromatic rings. The summed E-state index contributed by atoms with van der Waals surface area (Å²) in [5.74, 6) is 6.04. The van der Waals surface area contributed by atoms with Gasteiger partial charge in [-0.3, -0.25) is 0 Å². The van der Waals surface area contributed by atoms with Crippen molar-refractivity contribution in [1.29, 1.82) is 0 Å². The highest BCUT2D eigenvalue weighted by Crippen LogP contribution is 2.13. The van der Waals surface area contributed by atoms with E-state index in [2.05, 4.69) is 32.7 Å². The second-order valence-corrected chi connectivity index (χ2v) is 7.36. The number of aliphatic hydroxyl groups is 1. The topological polar surface area (TPSA) is 138 Å². The van der Waals surface area contributed by atoms with Crippen molar-refractivity contribution < 1.29 is 9.90 Å². The molecule has 0 radical (unpaired) electrons. The first kappa shape index (κ1) is 23.4. The van der Waals surface area contributed by atoms with Crippen LogP contribution < -0.4 is 22.1 Å². The van der Waals surface area contributed by atoms with Crippen molar-refractivity contribution in [3.63, 3.8) is 0 Å². The van der Waals surface area contributed by atoms with E-state index in [1.165, 1.54) is 0 Å². The zero-order valence-electron chi connectivity index (χ0n) is 17.9. The van der Waals surface area contributed by atoms with Gasteiger partial charge in [-0.05, 0) is 61.2 Å². The number of carbonyl (C=O) groups is 1. The van der Waals surface area contributed by atoms with Gasteiger partial charge in [0.05, 0.1) is 5.71 Å². The first-order chi connectivity index (χ1) is 14.7. The maximum absolute atomic E-state index is 12.2. The van der Waals surface area contributed by atoms with Crippen LogP contribution in [0.5, 0.6) is 0 Å². The van der Waals surface area contributed by atoms with Gasteiger partial charge in [0.1, 0.15) is 6.10 Å². The third-order valence-electron chi connectivity index (χ3n) is 4.10. The second-order valence-electron chi connectivity index (χ2n) is 7.36. The number of benzene rings is 2. The Morgan fingerprint density at radius 2 is 1.55 bits per heavy atom. The SMILES string of the molecule is C/C(=N\N=C(N)N)c1ccc(NC(=O)Nc2ccc(C#CC(O)CC(C)C)cc2)cc1. The van der Waals surface area contributed by atoms with Gasteiger partial charge in [0.2, 0.25) is 5.96 Å². The quantitative estimate of drug-likeness (QED) is 0.212. The number of rotatable bonds is 6. The first-order valence-electron chi connectivity index (χ1n) is 9.84. The summed E-state index contributed by atoms with van der Waals surface area (Å²) < 4.78 is 0. The summed E-state index contributed by atoms with van der Waals surface area (Å²) in [5.41, 5.74) is 14.0. The van der Waals surface area contributed by atoms with E-state index in [1.54, 1.807) is 55.5 Å². The van der Waals surface area contributed by atoms with E-state index in [-0.39, 0.29) is 12.0 Å². The van der Waals surface area contributed by atoms with Gasteiger partial charge >= 0.3 is 6.03 Å². The van der Waals surface area contributed by atoms with Crippen LogP contribution in [-0.4, -0.2) is 28.9 Å². The highest BCUT2D eigenvalue weighted by Gasteiger charge is 2.05. The zero-order valence-corrected chi connectivity index (χ0v) is 17.9. The Bertz CT molecular complexity index is 995. The van der Waals surface area contributed by atoms with Gasteiger partial charge < -0.3 is 27.2 Å². The molecule has 0 aromatic heterocycles. The Labute approximate surface area is 182 Å². The van der Waals surface area contributed by atoms with Gasteiger partial charge in [-0.15, -0.1) is 5.10 Å². The lowest BCUT2D eigenvalue weighted by molar-refractivity contribution is 0.204. The number of aliphatic hydroxyl groups excluding tert-OH is 1. The van der Waals surface area contributed by atoms with Crippen LogP contribution in [0.2, 0.25) is 0 Å². The Hall–Kier alpha value is -3.83. The highest BCUT2D eigenvalue weighted by atomic mass is 16.3. The molecule has 8 heteroatoms. The van der Waals surface area contributed by atoms with E-state index in [0.29, 0.717) is 29.4 Å². The summed E-state index contributed by atoms with van der Waals surface area (Å²) in [6.07, 6.45) is -0.00674. The third-order valence-corrected chi connectivity index (χ3v) is 4.10. The van der Waals surface area contributed by atoms with Gasteiger partial charge in [-0.25, -0.2) is 4.79 Å². The van der Waals surface area contributed by atoms with Crippen LogP contribution in [0.15, 0.2) is 58.7 Å². The summed E-state index contributed by atoms with van der Waals surface area (Å²) in [4.78, 5) is 12.2. The average molecular weight is 421 g/mol. The van der Waals surface area contributed by atoms with Crippen molar-refractivity contribution >= 4 is 29.1 Å². The zero-order chi connectivity index (χ0) is 22.8. The number of nitrogens with one attached hydrogen (secondary N) is 2. The van der Waals surface area contributed by atoms with E-state index in [1.807, 2.05) is 13.8 Å². The van der Waals surface area contributed by atoms with E-state index in [9.17, 15) is 9.90 Å². The molecule has 0 aliphatic heterocycles. The predicted molar refractivity (Wildman–Crippen MR) is 126 cm³/mol. The molecule has 0 spiro atoms. The molecule has 31 heavy (non-hydrogen) atoms. The van der Waals surface area contributed by atoms with E-state index < -0.39 is 6.10 Å². The molecule has 1 unspecified atom stereocenters. The minimum absolute atomic E-state index is 0.113. The molecular weight excluding hydrogens is 392 g/mol. The second kappa shape index (κ2) is 11.4. The maximum Gasteiger partial charge on any atom is 0.323 e. The molecule has 2 amide bonds. The third kappa shape index (κ3) is 8.60. The van der Waals surface area contributed by atoms with Gasteiger partial charge in [-0.1, -0.05) is 37.8 Å². The number of carbonyl (C=O) groups excluding carboxylic acids is 1. The number of guanidine groups is 1. The molecule has 2 aromatic carbocycles.